The SMILES string of the molecule is COc1cc(/C=C2\Sc3ccccc3NC2=O)ccc1O. The highest BCUT2D eigenvalue weighted by molar-refractivity contribution is 8.04. The fourth-order valence-electron chi connectivity index (χ4n) is 2.04. The van der Waals surface area contributed by atoms with Crippen molar-refractivity contribution in [3.05, 3.63) is 52.9 Å². The summed E-state index contributed by atoms with van der Waals surface area (Å²) in [6, 6.07) is 12.6. The zero-order valence-electron chi connectivity index (χ0n) is 11.3. The minimum atomic E-state index is -0.134. The Balaban J connectivity index is 1.95. The predicted octanol–water partition coefficient (Wildman–Crippen LogP) is 3.49. The zero-order valence-corrected chi connectivity index (χ0v) is 12.1. The van der Waals surface area contributed by atoms with Crippen LogP contribution in [-0.2, 0) is 4.79 Å². The molecule has 1 aliphatic rings. The van der Waals surface area contributed by atoms with E-state index in [1.165, 1.54) is 18.9 Å². The summed E-state index contributed by atoms with van der Waals surface area (Å²) >= 11 is 1.42. The smallest absolute Gasteiger partial charge is 0.262 e. The Morgan fingerprint density at radius 1 is 1.24 bits per heavy atom. The summed E-state index contributed by atoms with van der Waals surface area (Å²) in [5.41, 5.74) is 1.62. The van der Waals surface area contributed by atoms with Gasteiger partial charge in [-0.3, -0.25) is 4.79 Å². The van der Waals surface area contributed by atoms with Crippen molar-refractivity contribution in [1.82, 2.24) is 0 Å². The molecule has 2 N–H and O–H groups in total. The highest BCUT2D eigenvalue weighted by Crippen LogP contribution is 2.39. The van der Waals surface area contributed by atoms with E-state index < -0.39 is 0 Å². The summed E-state index contributed by atoms with van der Waals surface area (Å²) in [6.45, 7) is 0. The van der Waals surface area contributed by atoms with Crippen molar-refractivity contribution in [3.63, 3.8) is 0 Å². The van der Waals surface area contributed by atoms with Gasteiger partial charge in [0.1, 0.15) is 0 Å². The van der Waals surface area contributed by atoms with E-state index in [-0.39, 0.29) is 11.7 Å². The van der Waals surface area contributed by atoms with Crippen molar-refractivity contribution >= 4 is 29.4 Å². The monoisotopic (exact) mass is 299 g/mol. The number of phenolic OH excluding ortho intramolecular Hbond substituents is 1. The average molecular weight is 299 g/mol. The molecule has 0 unspecified atom stereocenters. The Kier molecular flexibility index (Phi) is 3.58. The number of hydrogen-bond acceptors (Lipinski definition) is 4. The van der Waals surface area contributed by atoms with Crippen molar-refractivity contribution in [1.29, 1.82) is 0 Å². The van der Waals surface area contributed by atoms with Gasteiger partial charge in [-0.25, -0.2) is 0 Å². The van der Waals surface area contributed by atoms with Gasteiger partial charge in [-0.05, 0) is 35.9 Å². The molecule has 0 spiro atoms. The first-order valence-corrected chi connectivity index (χ1v) is 7.16. The number of carbonyl (C=O) groups excluding carboxylic acids is 1. The Hall–Kier alpha value is -2.40. The molecule has 2 aromatic carbocycles. The second-order valence-electron chi connectivity index (χ2n) is 4.49. The van der Waals surface area contributed by atoms with Gasteiger partial charge in [0.15, 0.2) is 11.5 Å². The van der Waals surface area contributed by atoms with E-state index in [1.54, 1.807) is 24.3 Å². The van der Waals surface area contributed by atoms with E-state index in [1.807, 2.05) is 24.3 Å². The molecule has 0 fully saturated rings. The lowest BCUT2D eigenvalue weighted by molar-refractivity contribution is -0.112. The number of aromatic hydroxyl groups is 1. The zero-order chi connectivity index (χ0) is 14.8. The number of fused-ring (bicyclic) bond motifs is 1. The molecule has 21 heavy (non-hydrogen) atoms. The Morgan fingerprint density at radius 2 is 2.05 bits per heavy atom. The fourth-order valence-corrected chi connectivity index (χ4v) is 2.99. The predicted molar refractivity (Wildman–Crippen MR) is 83.6 cm³/mol. The Bertz CT molecular complexity index is 740. The topological polar surface area (TPSA) is 58.6 Å². The number of benzene rings is 2. The van der Waals surface area contributed by atoms with Crippen molar-refractivity contribution in [2.45, 2.75) is 4.90 Å². The van der Waals surface area contributed by atoms with E-state index in [4.69, 9.17) is 4.74 Å². The van der Waals surface area contributed by atoms with Gasteiger partial charge in [0.2, 0.25) is 0 Å². The summed E-state index contributed by atoms with van der Waals surface area (Å²) in [5.74, 6) is 0.322. The maximum Gasteiger partial charge on any atom is 0.262 e. The first kappa shape index (κ1) is 13.6. The van der Waals surface area contributed by atoms with Gasteiger partial charge in [0.25, 0.3) is 5.91 Å². The van der Waals surface area contributed by atoms with Crippen LogP contribution in [-0.4, -0.2) is 18.1 Å². The molecule has 0 aromatic heterocycles. The highest BCUT2D eigenvalue weighted by atomic mass is 32.2. The number of methoxy groups -OCH3 is 1. The summed E-state index contributed by atoms with van der Waals surface area (Å²) in [7, 11) is 1.49. The molecule has 1 amide bonds. The van der Waals surface area contributed by atoms with Gasteiger partial charge >= 0.3 is 0 Å². The van der Waals surface area contributed by atoms with Crippen molar-refractivity contribution < 1.29 is 14.6 Å². The average Bonchev–Trinajstić information content (AvgIpc) is 2.50. The van der Waals surface area contributed by atoms with Crippen LogP contribution >= 0.6 is 11.8 Å². The van der Waals surface area contributed by atoms with Crippen LogP contribution in [0.3, 0.4) is 0 Å². The first-order chi connectivity index (χ1) is 10.2. The fraction of sp³-hybridized carbons (Fsp3) is 0.0625. The van der Waals surface area contributed by atoms with E-state index in [2.05, 4.69) is 5.32 Å². The lowest BCUT2D eigenvalue weighted by Gasteiger charge is -2.18. The maximum atomic E-state index is 12.1. The normalized spacial score (nSPS) is 15.5. The molecule has 0 radical (unpaired) electrons. The summed E-state index contributed by atoms with van der Waals surface area (Å²) in [6.07, 6.45) is 1.78. The second kappa shape index (κ2) is 5.54. The second-order valence-corrected chi connectivity index (χ2v) is 5.58. The summed E-state index contributed by atoms with van der Waals surface area (Å²) in [4.78, 5) is 13.7. The standard InChI is InChI=1S/C16H13NO3S/c1-20-13-8-10(6-7-12(13)18)9-15-16(19)17-11-4-2-3-5-14(11)21-15/h2-9,18H,1H3,(H,17,19)/b15-9-. The number of ether oxygens (including phenoxy) is 1. The number of hydrogen-bond donors (Lipinski definition) is 2. The van der Waals surface area contributed by atoms with E-state index >= 15 is 0 Å². The van der Waals surface area contributed by atoms with Gasteiger partial charge < -0.3 is 15.2 Å². The Morgan fingerprint density at radius 3 is 2.86 bits per heavy atom. The van der Waals surface area contributed by atoms with Crippen LogP contribution < -0.4 is 10.1 Å². The molecule has 1 aliphatic heterocycles. The molecule has 1 heterocycles. The minimum Gasteiger partial charge on any atom is -0.504 e. The molecule has 5 heteroatoms. The number of para-hydroxylation sites is 1. The highest BCUT2D eigenvalue weighted by Gasteiger charge is 2.20. The molecule has 2 aromatic rings. The van der Waals surface area contributed by atoms with Crippen molar-refractivity contribution in [2.75, 3.05) is 12.4 Å². The molecule has 0 saturated heterocycles. The van der Waals surface area contributed by atoms with Crippen LogP contribution in [0, 0.1) is 0 Å². The van der Waals surface area contributed by atoms with E-state index in [9.17, 15) is 9.90 Å². The number of amides is 1. The third-order valence-corrected chi connectivity index (χ3v) is 4.18. The van der Waals surface area contributed by atoms with Gasteiger partial charge in [-0.1, -0.05) is 30.0 Å². The summed E-state index contributed by atoms with van der Waals surface area (Å²) in [5, 5.41) is 12.5. The van der Waals surface area contributed by atoms with Gasteiger partial charge in [0, 0.05) is 4.90 Å². The van der Waals surface area contributed by atoms with Gasteiger partial charge in [0.05, 0.1) is 17.7 Å². The molecule has 106 valence electrons. The van der Waals surface area contributed by atoms with Crippen LogP contribution in [0.4, 0.5) is 5.69 Å². The number of phenols is 1. The van der Waals surface area contributed by atoms with Crippen molar-refractivity contribution in [3.8, 4) is 11.5 Å². The molecular formula is C16H13NO3S. The number of nitrogens with one attached hydrogen (secondary N) is 1. The van der Waals surface area contributed by atoms with Gasteiger partial charge in [-0.15, -0.1) is 0 Å². The van der Waals surface area contributed by atoms with Crippen LogP contribution in [0.5, 0.6) is 11.5 Å². The maximum absolute atomic E-state index is 12.1. The number of thioether (sulfide) groups is 1. The van der Waals surface area contributed by atoms with Crippen LogP contribution in [0.15, 0.2) is 52.3 Å². The first-order valence-electron chi connectivity index (χ1n) is 6.34. The Labute approximate surface area is 126 Å². The molecule has 0 atom stereocenters. The largest absolute Gasteiger partial charge is 0.504 e. The lowest BCUT2D eigenvalue weighted by Crippen LogP contribution is -2.17. The molecule has 3 rings (SSSR count). The summed E-state index contributed by atoms with van der Waals surface area (Å²) < 4.78 is 5.07. The van der Waals surface area contributed by atoms with E-state index in [0.29, 0.717) is 10.7 Å². The third kappa shape index (κ3) is 2.73. The lowest BCUT2D eigenvalue weighted by atomic mass is 10.2. The van der Waals surface area contributed by atoms with Crippen LogP contribution in [0.25, 0.3) is 6.08 Å². The van der Waals surface area contributed by atoms with Crippen molar-refractivity contribution in [2.24, 2.45) is 0 Å². The molecule has 0 saturated carbocycles. The number of anilines is 1. The van der Waals surface area contributed by atoms with Crippen LogP contribution in [0.2, 0.25) is 0 Å². The minimum absolute atomic E-state index is 0.0748. The van der Waals surface area contributed by atoms with E-state index in [0.717, 1.165) is 16.1 Å². The molecular weight excluding hydrogens is 286 g/mol. The van der Waals surface area contributed by atoms with Gasteiger partial charge in [-0.2, -0.15) is 0 Å². The molecule has 4 nitrogen and oxygen atoms in total. The number of carbonyl (C=O) groups is 1. The van der Waals surface area contributed by atoms with Crippen LogP contribution in [0.1, 0.15) is 5.56 Å². The number of rotatable bonds is 2. The third-order valence-electron chi connectivity index (χ3n) is 3.08. The molecule has 0 aliphatic carbocycles. The quantitative estimate of drug-likeness (QED) is 0.833. The molecule has 0 bridgehead atoms.